The fourth-order valence-corrected chi connectivity index (χ4v) is 3.22. The van der Waals surface area contributed by atoms with Gasteiger partial charge < -0.3 is 14.8 Å². The van der Waals surface area contributed by atoms with Crippen molar-refractivity contribution in [3.63, 3.8) is 0 Å². The van der Waals surface area contributed by atoms with Crippen LogP contribution in [0, 0.1) is 12.8 Å². The lowest BCUT2D eigenvalue weighted by Crippen LogP contribution is -2.43. The highest BCUT2D eigenvalue weighted by Gasteiger charge is 2.36. The molecule has 0 aliphatic carbocycles. The summed E-state index contributed by atoms with van der Waals surface area (Å²) >= 11 is 0. The van der Waals surface area contributed by atoms with Crippen LogP contribution in [0.1, 0.15) is 39.6 Å². The number of hydrogen-bond acceptors (Lipinski definition) is 7. The van der Waals surface area contributed by atoms with Crippen LogP contribution in [-0.4, -0.2) is 54.4 Å². The van der Waals surface area contributed by atoms with E-state index in [1.807, 2.05) is 6.92 Å². The van der Waals surface area contributed by atoms with Gasteiger partial charge in [0.15, 0.2) is 6.61 Å². The molecule has 34 heavy (non-hydrogen) atoms. The number of rotatable bonds is 8. The summed E-state index contributed by atoms with van der Waals surface area (Å²) in [6.45, 7) is 3.26. The van der Waals surface area contributed by atoms with E-state index in [9.17, 15) is 24.0 Å². The van der Waals surface area contributed by atoms with Gasteiger partial charge in [-0.25, -0.2) is 4.79 Å². The molecule has 0 spiro atoms. The first-order chi connectivity index (χ1) is 16.3. The summed E-state index contributed by atoms with van der Waals surface area (Å²) in [5.74, 6) is -3.45. The molecule has 10 nitrogen and oxygen atoms in total. The summed E-state index contributed by atoms with van der Waals surface area (Å²) in [4.78, 5) is 60.6. The van der Waals surface area contributed by atoms with Crippen molar-refractivity contribution >= 4 is 35.3 Å². The fourth-order valence-electron chi connectivity index (χ4n) is 3.22. The van der Waals surface area contributed by atoms with Gasteiger partial charge in [-0.2, -0.15) is 0 Å². The van der Waals surface area contributed by atoms with Crippen molar-refractivity contribution in [2.24, 2.45) is 5.92 Å². The van der Waals surface area contributed by atoms with Crippen LogP contribution in [0.2, 0.25) is 0 Å². The summed E-state index contributed by atoms with van der Waals surface area (Å²) < 4.78 is 9.93. The maximum Gasteiger partial charge on any atom is 0.338 e. The van der Waals surface area contributed by atoms with E-state index >= 15 is 0 Å². The number of hydrogen-bond donors (Lipinski definition) is 2. The largest absolute Gasteiger partial charge is 0.462 e. The monoisotopic (exact) mass is 467 g/mol. The number of anilines is 1. The van der Waals surface area contributed by atoms with Crippen molar-refractivity contribution in [1.82, 2.24) is 10.4 Å². The van der Waals surface area contributed by atoms with Gasteiger partial charge in [-0.1, -0.05) is 17.7 Å². The molecule has 2 N–H and O–H groups in total. The van der Waals surface area contributed by atoms with Crippen molar-refractivity contribution in [2.75, 3.05) is 25.1 Å². The number of nitrogens with zero attached hydrogens (tertiary/aromatic N) is 1. The van der Waals surface area contributed by atoms with E-state index in [1.165, 1.54) is 24.3 Å². The molecule has 10 heteroatoms. The maximum atomic E-state index is 12.3. The van der Waals surface area contributed by atoms with Crippen LogP contribution in [0.5, 0.6) is 0 Å². The van der Waals surface area contributed by atoms with Gasteiger partial charge in [0.1, 0.15) is 0 Å². The zero-order valence-corrected chi connectivity index (χ0v) is 18.8. The van der Waals surface area contributed by atoms with Crippen LogP contribution in [0.25, 0.3) is 0 Å². The minimum absolute atomic E-state index is 0.0494. The minimum atomic E-state index is -0.803. The average molecular weight is 467 g/mol. The molecule has 0 unspecified atom stereocenters. The predicted octanol–water partition coefficient (Wildman–Crippen LogP) is 1.85. The third-order valence-corrected chi connectivity index (χ3v) is 5.03. The summed E-state index contributed by atoms with van der Waals surface area (Å²) in [5.41, 5.74) is 4.63. The van der Waals surface area contributed by atoms with E-state index in [-0.39, 0.29) is 19.6 Å². The van der Waals surface area contributed by atoms with Crippen LogP contribution in [0.15, 0.2) is 48.5 Å². The summed E-state index contributed by atoms with van der Waals surface area (Å²) in [5, 5.41) is 3.63. The Morgan fingerprint density at radius 2 is 1.62 bits per heavy atom. The Balaban J connectivity index is 1.45. The van der Waals surface area contributed by atoms with Crippen LogP contribution in [0.3, 0.4) is 0 Å². The number of amides is 3. The van der Waals surface area contributed by atoms with Crippen LogP contribution in [0.4, 0.5) is 5.69 Å². The lowest BCUT2D eigenvalue weighted by molar-refractivity contribution is -0.151. The van der Waals surface area contributed by atoms with E-state index in [0.717, 1.165) is 10.6 Å². The van der Waals surface area contributed by atoms with Gasteiger partial charge in [-0.05, 0) is 50.2 Å². The molecule has 2 aromatic carbocycles. The van der Waals surface area contributed by atoms with E-state index in [0.29, 0.717) is 16.8 Å². The van der Waals surface area contributed by atoms with Crippen molar-refractivity contribution in [3.8, 4) is 0 Å². The molecule has 0 aromatic heterocycles. The molecule has 178 valence electrons. The highest BCUT2D eigenvalue weighted by atomic mass is 16.5. The molecule has 1 atom stereocenters. The Labute approximate surface area is 196 Å². The molecule has 1 saturated heterocycles. The van der Waals surface area contributed by atoms with Crippen molar-refractivity contribution < 1.29 is 33.4 Å². The molecule has 1 fully saturated rings. The van der Waals surface area contributed by atoms with E-state index in [2.05, 4.69) is 10.7 Å². The second kappa shape index (κ2) is 11.1. The summed E-state index contributed by atoms with van der Waals surface area (Å²) in [6, 6.07) is 12.9. The van der Waals surface area contributed by atoms with Crippen LogP contribution in [-0.2, 0) is 23.9 Å². The minimum Gasteiger partial charge on any atom is -0.462 e. The van der Waals surface area contributed by atoms with Crippen LogP contribution >= 0.6 is 0 Å². The number of benzene rings is 2. The Kier molecular flexibility index (Phi) is 7.96. The zero-order valence-electron chi connectivity index (χ0n) is 18.8. The normalized spacial score (nSPS) is 14.9. The smallest absolute Gasteiger partial charge is 0.338 e. The molecule has 0 radical (unpaired) electrons. The van der Waals surface area contributed by atoms with Gasteiger partial charge in [-0.3, -0.25) is 29.6 Å². The van der Waals surface area contributed by atoms with Gasteiger partial charge in [-0.15, -0.1) is 0 Å². The highest BCUT2D eigenvalue weighted by Crippen LogP contribution is 2.18. The Hall–Kier alpha value is -4.21. The first kappa shape index (κ1) is 24.4. The van der Waals surface area contributed by atoms with Gasteiger partial charge in [0.05, 0.1) is 24.6 Å². The molecule has 0 bridgehead atoms. The third kappa shape index (κ3) is 6.41. The first-order valence-corrected chi connectivity index (χ1v) is 10.7. The number of esters is 2. The number of carbonyl (C=O) groups excluding carboxylic acids is 5. The van der Waals surface area contributed by atoms with Gasteiger partial charge in [0.25, 0.3) is 11.8 Å². The SMILES string of the molecule is CCOC(=O)c1ccc(NC(=O)COC(=O)[C@@H]2CC(=O)N(NC(=O)c3ccc(C)cc3)C2)cc1. The second-order valence-corrected chi connectivity index (χ2v) is 7.67. The second-order valence-electron chi connectivity index (χ2n) is 7.67. The summed E-state index contributed by atoms with van der Waals surface area (Å²) in [6.07, 6.45) is -0.135. The number of ether oxygens (including phenoxy) is 2. The standard InChI is InChI=1S/C24H25N3O7/c1-3-33-23(31)17-8-10-19(11-9-17)25-20(28)14-34-24(32)18-12-21(29)27(13-18)26-22(30)16-6-4-15(2)5-7-16/h4-11,18H,3,12-14H2,1-2H3,(H,25,28)(H,26,30)/t18-/m1/s1. The molecule has 3 rings (SSSR count). The highest BCUT2D eigenvalue weighted by molar-refractivity contribution is 5.97. The Bertz CT molecular complexity index is 1080. The molecule has 1 aliphatic rings. The third-order valence-electron chi connectivity index (χ3n) is 5.03. The lowest BCUT2D eigenvalue weighted by Gasteiger charge is -2.17. The van der Waals surface area contributed by atoms with Crippen LogP contribution < -0.4 is 10.7 Å². The molecule has 1 heterocycles. The maximum absolute atomic E-state index is 12.3. The molecular weight excluding hydrogens is 442 g/mol. The topological polar surface area (TPSA) is 131 Å². The van der Waals surface area contributed by atoms with E-state index in [1.54, 1.807) is 31.2 Å². The predicted molar refractivity (Wildman–Crippen MR) is 120 cm³/mol. The number of nitrogens with one attached hydrogen (secondary N) is 2. The fraction of sp³-hybridized carbons (Fsp3) is 0.292. The van der Waals surface area contributed by atoms with Crippen molar-refractivity contribution in [1.29, 1.82) is 0 Å². The molecule has 1 aliphatic heterocycles. The Morgan fingerprint density at radius 3 is 2.26 bits per heavy atom. The molecule has 2 aromatic rings. The molecular formula is C24H25N3O7. The van der Waals surface area contributed by atoms with E-state index in [4.69, 9.17) is 9.47 Å². The number of aryl methyl sites for hydroxylation is 1. The number of hydrazine groups is 1. The molecule has 0 saturated carbocycles. The summed E-state index contributed by atoms with van der Waals surface area (Å²) in [7, 11) is 0. The quantitative estimate of drug-likeness (QED) is 0.567. The van der Waals surface area contributed by atoms with E-state index < -0.39 is 42.2 Å². The lowest BCUT2D eigenvalue weighted by atomic mass is 10.1. The first-order valence-electron chi connectivity index (χ1n) is 10.7. The number of carbonyl (C=O) groups is 5. The van der Waals surface area contributed by atoms with Gasteiger partial charge >= 0.3 is 11.9 Å². The molecule has 3 amide bonds. The van der Waals surface area contributed by atoms with Crippen molar-refractivity contribution in [2.45, 2.75) is 20.3 Å². The average Bonchev–Trinajstić information content (AvgIpc) is 3.18. The zero-order chi connectivity index (χ0) is 24.7. The van der Waals surface area contributed by atoms with Crippen molar-refractivity contribution in [3.05, 3.63) is 65.2 Å². The van der Waals surface area contributed by atoms with Gasteiger partial charge in [0, 0.05) is 17.7 Å². The van der Waals surface area contributed by atoms with Gasteiger partial charge in [0.2, 0.25) is 5.91 Å². The Morgan fingerprint density at radius 1 is 0.971 bits per heavy atom.